The Labute approximate surface area is 221 Å². The number of carbonyl (C=O) groups is 1. The number of nitrogens with zero attached hydrogens (tertiary/aromatic N) is 5. The van der Waals surface area contributed by atoms with E-state index in [2.05, 4.69) is 62.6 Å². The normalized spacial score (nSPS) is 19.4. The lowest BCUT2D eigenvalue weighted by molar-refractivity contribution is -0.139. The predicted molar refractivity (Wildman–Crippen MR) is 148 cm³/mol. The van der Waals surface area contributed by atoms with Crippen molar-refractivity contribution in [3.05, 3.63) is 59.9 Å². The molecule has 2 aliphatic heterocycles. The number of hydrogen-bond donors (Lipinski definition) is 0. The molecule has 2 fully saturated rings. The van der Waals surface area contributed by atoms with Gasteiger partial charge in [-0.2, -0.15) is 0 Å². The van der Waals surface area contributed by atoms with Gasteiger partial charge in [-0.15, -0.1) is 0 Å². The first-order chi connectivity index (χ1) is 18.1. The van der Waals surface area contributed by atoms with Gasteiger partial charge in [0.15, 0.2) is 0 Å². The molecule has 0 spiro atoms. The minimum Gasteiger partial charge on any atom is -0.497 e. The molecule has 1 aromatic heterocycles. The number of imidazole rings is 1. The van der Waals surface area contributed by atoms with E-state index in [1.807, 2.05) is 12.1 Å². The molecule has 7 heteroatoms. The SMILES string of the molecule is CCCCN1CCN(C(=O)[C@H]2CCCN(Cc3nc4ccccc4n3Cc3ccc(OC)cc3)C2)CC1. The molecular weight excluding hydrogens is 462 g/mol. The van der Waals surface area contributed by atoms with Crippen molar-refractivity contribution < 1.29 is 9.53 Å². The number of para-hydroxylation sites is 2. The van der Waals surface area contributed by atoms with Crippen LogP contribution in [0.25, 0.3) is 11.0 Å². The first-order valence-corrected chi connectivity index (χ1v) is 13.9. The van der Waals surface area contributed by atoms with E-state index in [-0.39, 0.29) is 5.92 Å². The highest BCUT2D eigenvalue weighted by atomic mass is 16.5. The van der Waals surface area contributed by atoms with Crippen molar-refractivity contribution >= 4 is 16.9 Å². The highest BCUT2D eigenvalue weighted by Crippen LogP contribution is 2.24. The Bertz CT molecular complexity index is 1170. The van der Waals surface area contributed by atoms with E-state index in [0.29, 0.717) is 5.91 Å². The summed E-state index contributed by atoms with van der Waals surface area (Å²) in [4.78, 5) is 25.5. The number of hydrogen-bond acceptors (Lipinski definition) is 5. The van der Waals surface area contributed by atoms with Gasteiger partial charge >= 0.3 is 0 Å². The number of likely N-dealkylation sites (tertiary alicyclic amines) is 1. The van der Waals surface area contributed by atoms with Gasteiger partial charge in [0, 0.05) is 39.3 Å². The smallest absolute Gasteiger partial charge is 0.227 e. The molecule has 2 aliphatic rings. The van der Waals surface area contributed by atoms with Crippen molar-refractivity contribution in [2.75, 3.05) is 52.9 Å². The molecule has 37 heavy (non-hydrogen) atoms. The van der Waals surface area contributed by atoms with Crippen LogP contribution in [0.3, 0.4) is 0 Å². The summed E-state index contributed by atoms with van der Waals surface area (Å²) in [6.07, 6.45) is 4.53. The van der Waals surface area contributed by atoms with Gasteiger partial charge in [0.05, 0.1) is 30.6 Å². The summed E-state index contributed by atoms with van der Waals surface area (Å²) in [5.74, 6) is 2.38. The van der Waals surface area contributed by atoms with E-state index in [1.54, 1.807) is 7.11 Å². The summed E-state index contributed by atoms with van der Waals surface area (Å²) in [5, 5.41) is 0. The zero-order valence-corrected chi connectivity index (χ0v) is 22.4. The van der Waals surface area contributed by atoms with Gasteiger partial charge < -0.3 is 14.2 Å². The van der Waals surface area contributed by atoms with E-state index < -0.39 is 0 Å². The molecule has 0 saturated carbocycles. The molecule has 3 aromatic rings. The lowest BCUT2D eigenvalue weighted by Gasteiger charge is -2.39. The lowest BCUT2D eigenvalue weighted by atomic mass is 9.96. The van der Waals surface area contributed by atoms with Crippen LogP contribution in [0.4, 0.5) is 0 Å². The van der Waals surface area contributed by atoms with Gasteiger partial charge in [-0.05, 0) is 62.2 Å². The number of carbonyl (C=O) groups excluding carboxylic acids is 1. The van der Waals surface area contributed by atoms with Crippen LogP contribution in [0.2, 0.25) is 0 Å². The third-order valence-electron chi connectivity index (χ3n) is 7.96. The molecule has 2 aromatic carbocycles. The quantitative estimate of drug-likeness (QED) is 0.437. The number of rotatable bonds is 9. The number of aromatic nitrogens is 2. The van der Waals surface area contributed by atoms with Crippen molar-refractivity contribution in [3.63, 3.8) is 0 Å². The fourth-order valence-electron chi connectivity index (χ4n) is 5.77. The summed E-state index contributed by atoms with van der Waals surface area (Å²) in [6, 6.07) is 16.6. The standard InChI is InChI=1S/C30H41N5O2/c1-3-4-15-32-17-19-34(20-18-32)30(36)25-8-7-16-33(22-25)23-29-31-27-9-5-6-10-28(27)35(29)21-24-11-13-26(37-2)14-12-24/h5-6,9-14,25H,3-4,7-8,15-23H2,1-2H3/t25-/m0/s1. The molecule has 198 valence electrons. The average Bonchev–Trinajstić information content (AvgIpc) is 3.28. The highest BCUT2D eigenvalue weighted by molar-refractivity contribution is 5.79. The summed E-state index contributed by atoms with van der Waals surface area (Å²) in [7, 11) is 1.70. The Morgan fingerprint density at radius 3 is 2.51 bits per heavy atom. The third kappa shape index (κ3) is 6.16. The van der Waals surface area contributed by atoms with Gasteiger partial charge in [-0.25, -0.2) is 4.98 Å². The largest absolute Gasteiger partial charge is 0.497 e. The van der Waals surface area contributed by atoms with Gasteiger partial charge in [0.2, 0.25) is 5.91 Å². The number of methoxy groups -OCH3 is 1. The highest BCUT2D eigenvalue weighted by Gasteiger charge is 2.31. The first-order valence-electron chi connectivity index (χ1n) is 13.9. The zero-order chi connectivity index (χ0) is 25.6. The van der Waals surface area contributed by atoms with Crippen LogP contribution in [0, 0.1) is 5.92 Å². The third-order valence-corrected chi connectivity index (χ3v) is 7.96. The number of piperazine rings is 1. The molecule has 0 radical (unpaired) electrons. The minimum absolute atomic E-state index is 0.0929. The summed E-state index contributed by atoms with van der Waals surface area (Å²) in [6.45, 7) is 10.5. The number of ether oxygens (including phenoxy) is 1. The molecule has 5 rings (SSSR count). The lowest BCUT2D eigenvalue weighted by Crippen LogP contribution is -2.52. The minimum atomic E-state index is 0.0929. The molecule has 0 unspecified atom stereocenters. The number of unbranched alkanes of at least 4 members (excludes halogenated alkanes) is 1. The second-order valence-corrected chi connectivity index (χ2v) is 10.5. The molecule has 1 amide bonds. The Hall–Kier alpha value is -2.90. The maximum absolute atomic E-state index is 13.4. The van der Waals surface area contributed by atoms with E-state index in [4.69, 9.17) is 9.72 Å². The number of fused-ring (bicyclic) bond motifs is 1. The summed E-state index contributed by atoms with van der Waals surface area (Å²) < 4.78 is 7.67. The van der Waals surface area contributed by atoms with E-state index in [0.717, 1.165) is 94.4 Å². The second kappa shape index (κ2) is 12.1. The van der Waals surface area contributed by atoms with Crippen molar-refractivity contribution in [1.29, 1.82) is 0 Å². The van der Waals surface area contributed by atoms with Crippen LogP contribution in [0.5, 0.6) is 5.75 Å². The Morgan fingerprint density at radius 1 is 0.973 bits per heavy atom. The van der Waals surface area contributed by atoms with Crippen molar-refractivity contribution in [2.24, 2.45) is 5.92 Å². The van der Waals surface area contributed by atoms with Crippen LogP contribution in [0.15, 0.2) is 48.5 Å². The van der Waals surface area contributed by atoms with Crippen molar-refractivity contribution in [3.8, 4) is 5.75 Å². The van der Waals surface area contributed by atoms with Gasteiger partial charge in [0.1, 0.15) is 11.6 Å². The van der Waals surface area contributed by atoms with Crippen LogP contribution < -0.4 is 4.74 Å². The van der Waals surface area contributed by atoms with Crippen LogP contribution in [-0.4, -0.2) is 83.1 Å². The molecule has 0 aliphatic carbocycles. The van der Waals surface area contributed by atoms with Crippen LogP contribution in [-0.2, 0) is 17.9 Å². The predicted octanol–water partition coefficient (Wildman–Crippen LogP) is 4.25. The molecule has 0 N–H and O–H groups in total. The van der Waals surface area contributed by atoms with Gasteiger partial charge in [-0.1, -0.05) is 37.6 Å². The molecule has 7 nitrogen and oxygen atoms in total. The van der Waals surface area contributed by atoms with Gasteiger partial charge in [-0.3, -0.25) is 14.6 Å². The van der Waals surface area contributed by atoms with E-state index in [1.165, 1.54) is 18.4 Å². The Kier molecular flexibility index (Phi) is 8.41. The fraction of sp³-hybridized carbons (Fsp3) is 0.533. The number of amides is 1. The first kappa shape index (κ1) is 25.7. The zero-order valence-electron chi connectivity index (χ0n) is 22.4. The molecule has 3 heterocycles. The molecular formula is C30H41N5O2. The fourth-order valence-corrected chi connectivity index (χ4v) is 5.77. The van der Waals surface area contributed by atoms with E-state index >= 15 is 0 Å². The van der Waals surface area contributed by atoms with Gasteiger partial charge in [0.25, 0.3) is 0 Å². The molecule has 1 atom stereocenters. The maximum Gasteiger partial charge on any atom is 0.227 e. The van der Waals surface area contributed by atoms with Crippen LogP contribution in [0.1, 0.15) is 44.0 Å². The van der Waals surface area contributed by atoms with Crippen LogP contribution >= 0.6 is 0 Å². The molecule has 2 saturated heterocycles. The average molecular weight is 504 g/mol. The maximum atomic E-state index is 13.4. The number of piperidine rings is 1. The monoisotopic (exact) mass is 503 g/mol. The van der Waals surface area contributed by atoms with Crippen molar-refractivity contribution in [1.82, 2.24) is 24.3 Å². The number of benzene rings is 2. The van der Waals surface area contributed by atoms with Crippen molar-refractivity contribution in [2.45, 2.75) is 45.7 Å². The topological polar surface area (TPSA) is 53.8 Å². The molecule has 0 bridgehead atoms. The summed E-state index contributed by atoms with van der Waals surface area (Å²) in [5.41, 5.74) is 3.39. The van der Waals surface area contributed by atoms with E-state index in [9.17, 15) is 4.79 Å². The Morgan fingerprint density at radius 2 is 1.76 bits per heavy atom. The Balaban J connectivity index is 1.26. The summed E-state index contributed by atoms with van der Waals surface area (Å²) >= 11 is 0. The second-order valence-electron chi connectivity index (χ2n) is 10.5.